The highest BCUT2D eigenvalue weighted by Gasteiger charge is 2.29. The highest BCUT2D eigenvalue weighted by molar-refractivity contribution is 9.10. The number of nitrogens with zero attached hydrogens (tertiary/aromatic N) is 1. The van der Waals surface area contributed by atoms with Gasteiger partial charge in [-0.25, -0.2) is 0 Å². The van der Waals surface area contributed by atoms with Gasteiger partial charge in [0.1, 0.15) is 0 Å². The van der Waals surface area contributed by atoms with Crippen LogP contribution in [-0.4, -0.2) is 28.7 Å². The van der Waals surface area contributed by atoms with Crippen LogP contribution in [0.1, 0.15) is 26.7 Å². The summed E-state index contributed by atoms with van der Waals surface area (Å²) in [6, 6.07) is 0. The standard InChI is InChI=1S/C11H18BrNO/c1-4-11(2,3)8-13-7-5-6-9(12)10(13)14/h4,9H,1,5-8H2,2-3H3. The Morgan fingerprint density at radius 1 is 1.71 bits per heavy atom. The molecule has 1 atom stereocenters. The minimum atomic E-state index is 0.0136. The average molecular weight is 260 g/mol. The van der Waals surface area contributed by atoms with Crippen molar-refractivity contribution in [3.8, 4) is 0 Å². The maximum absolute atomic E-state index is 11.8. The lowest BCUT2D eigenvalue weighted by atomic mass is 9.92. The fourth-order valence-electron chi connectivity index (χ4n) is 1.61. The number of rotatable bonds is 3. The second-order valence-electron chi connectivity index (χ2n) is 4.56. The summed E-state index contributed by atoms with van der Waals surface area (Å²) in [5.74, 6) is 0.228. The van der Waals surface area contributed by atoms with Crippen molar-refractivity contribution >= 4 is 21.8 Å². The van der Waals surface area contributed by atoms with Gasteiger partial charge in [-0.15, -0.1) is 6.58 Å². The van der Waals surface area contributed by atoms with Gasteiger partial charge in [0.2, 0.25) is 5.91 Å². The van der Waals surface area contributed by atoms with E-state index in [1.54, 1.807) is 0 Å². The smallest absolute Gasteiger partial charge is 0.236 e. The number of hydrogen-bond donors (Lipinski definition) is 0. The van der Waals surface area contributed by atoms with Crippen molar-refractivity contribution in [3.63, 3.8) is 0 Å². The molecular formula is C11H18BrNO. The molecule has 80 valence electrons. The maximum atomic E-state index is 11.8. The minimum absolute atomic E-state index is 0.0136. The summed E-state index contributed by atoms with van der Waals surface area (Å²) in [6.07, 6.45) is 3.97. The van der Waals surface area contributed by atoms with Gasteiger partial charge in [0, 0.05) is 13.1 Å². The third-order valence-corrected chi connectivity index (χ3v) is 3.47. The molecule has 0 saturated carbocycles. The molecule has 2 nitrogen and oxygen atoms in total. The van der Waals surface area contributed by atoms with Crippen LogP contribution in [0.2, 0.25) is 0 Å². The van der Waals surface area contributed by atoms with Crippen LogP contribution in [0.3, 0.4) is 0 Å². The molecule has 1 heterocycles. The number of halogens is 1. The topological polar surface area (TPSA) is 20.3 Å². The summed E-state index contributed by atoms with van der Waals surface area (Å²) in [4.78, 5) is 13.7. The Morgan fingerprint density at radius 3 is 2.93 bits per heavy atom. The zero-order valence-electron chi connectivity index (χ0n) is 8.92. The predicted molar refractivity (Wildman–Crippen MR) is 62.5 cm³/mol. The Morgan fingerprint density at radius 2 is 2.36 bits per heavy atom. The molecule has 0 spiro atoms. The Hall–Kier alpha value is -0.310. The van der Waals surface area contributed by atoms with E-state index in [9.17, 15) is 4.79 Å². The molecule has 1 saturated heterocycles. The van der Waals surface area contributed by atoms with Gasteiger partial charge in [-0.3, -0.25) is 4.79 Å². The number of likely N-dealkylation sites (tertiary alicyclic amines) is 1. The molecule has 0 N–H and O–H groups in total. The molecule has 1 fully saturated rings. The number of piperidine rings is 1. The Balaban J connectivity index is 2.60. The molecule has 1 unspecified atom stereocenters. The zero-order valence-corrected chi connectivity index (χ0v) is 10.5. The quantitative estimate of drug-likeness (QED) is 0.564. The molecule has 0 radical (unpaired) electrons. The summed E-state index contributed by atoms with van der Waals surface area (Å²) in [7, 11) is 0. The third-order valence-electron chi connectivity index (χ3n) is 2.62. The number of alkyl halides is 1. The van der Waals surface area contributed by atoms with E-state index in [-0.39, 0.29) is 16.1 Å². The summed E-state index contributed by atoms with van der Waals surface area (Å²) >= 11 is 3.41. The number of amides is 1. The van der Waals surface area contributed by atoms with E-state index in [1.165, 1.54) is 0 Å². The van der Waals surface area contributed by atoms with Gasteiger partial charge in [-0.05, 0) is 18.3 Å². The van der Waals surface area contributed by atoms with Crippen LogP contribution in [0.15, 0.2) is 12.7 Å². The second-order valence-corrected chi connectivity index (χ2v) is 5.67. The molecule has 3 heteroatoms. The SMILES string of the molecule is C=CC(C)(C)CN1CCCC(Br)C1=O. The van der Waals surface area contributed by atoms with Crippen molar-refractivity contribution < 1.29 is 4.79 Å². The molecule has 0 aromatic heterocycles. The molecule has 0 aromatic rings. The maximum Gasteiger partial charge on any atom is 0.236 e. The van der Waals surface area contributed by atoms with Gasteiger partial charge in [-0.1, -0.05) is 35.9 Å². The fourth-order valence-corrected chi connectivity index (χ4v) is 2.22. The summed E-state index contributed by atoms with van der Waals surface area (Å²) in [6.45, 7) is 9.66. The van der Waals surface area contributed by atoms with E-state index < -0.39 is 0 Å². The van der Waals surface area contributed by atoms with Gasteiger partial charge in [-0.2, -0.15) is 0 Å². The van der Waals surface area contributed by atoms with Crippen LogP contribution in [0.5, 0.6) is 0 Å². The van der Waals surface area contributed by atoms with Gasteiger partial charge in [0.15, 0.2) is 0 Å². The Bertz CT molecular complexity index is 237. The molecule has 1 aliphatic heterocycles. The predicted octanol–water partition coefficient (Wildman–Crippen LogP) is 2.58. The molecule has 0 aromatic carbocycles. The van der Waals surface area contributed by atoms with Crippen LogP contribution >= 0.6 is 15.9 Å². The third kappa shape index (κ3) is 2.84. The minimum Gasteiger partial charge on any atom is -0.341 e. The largest absolute Gasteiger partial charge is 0.341 e. The first-order valence-corrected chi connectivity index (χ1v) is 5.94. The van der Waals surface area contributed by atoms with Crippen LogP contribution in [0.4, 0.5) is 0 Å². The van der Waals surface area contributed by atoms with Gasteiger partial charge < -0.3 is 4.90 Å². The fraction of sp³-hybridized carbons (Fsp3) is 0.727. The second kappa shape index (κ2) is 4.47. The lowest BCUT2D eigenvalue weighted by molar-refractivity contribution is -0.133. The van der Waals surface area contributed by atoms with Crippen molar-refractivity contribution in [1.82, 2.24) is 4.90 Å². The van der Waals surface area contributed by atoms with Crippen molar-refractivity contribution in [1.29, 1.82) is 0 Å². The van der Waals surface area contributed by atoms with Gasteiger partial charge >= 0.3 is 0 Å². The number of hydrogen-bond acceptors (Lipinski definition) is 1. The molecule has 1 amide bonds. The normalized spacial score (nSPS) is 23.8. The van der Waals surface area contributed by atoms with E-state index in [4.69, 9.17) is 0 Å². The van der Waals surface area contributed by atoms with E-state index in [2.05, 4.69) is 36.4 Å². The first kappa shape index (κ1) is 11.8. The summed E-state index contributed by atoms with van der Waals surface area (Å²) < 4.78 is 0. The molecule has 0 bridgehead atoms. The van der Waals surface area contributed by atoms with Crippen LogP contribution in [0.25, 0.3) is 0 Å². The Labute approximate surface area is 94.5 Å². The van der Waals surface area contributed by atoms with E-state index in [1.807, 2.05) is 11.0 Å². The molecule has 0 aliphatic carbocycles. The molecule has 14 heavy (non-hydrogen) atoms. The summed E-state index contributed by atoms with van der Waals surface area (Å²) in [5, 5.41) is 0. The van der Waals surface area contributed by atoms with Crippen LogP contribution < -0.4 is 0 Å². The highest BCUT2D eigenvalue weighted by Crippen LogP contribution is 2.24. The zero-order chi connectivity index (χ0) is 10.8. The monoisotopic (exact) mass is 259 g/mol. The average Bonchev–Trinajstić information content (AvgIpc) is 2.13. The first-order valence-electron chi connectivity index (χ1n) is 5.03. The van der Waals surface area contributed by atoms with Crippen LogP contribution in [-0.2, 0) is 4.79 Å². The van der Waals surface area contributed by atoms with Crippen molar-refractivity contribution in [3.05, 3.63) is 12.7 Å². The van der Waals surface area contributed by atoms with Crippen molar-refractivity contribution in [2.75, 3.05) is 13.1 Å². The van der Waals surface area contributed by atoms with Crippen molar-refractivity contribution in [2.45, 2.75) is 31.5 Å². The highest BCUT2D eigenvalue weighted by atomic mass is 79.9. The summed E-state index contributed by atoms with van der Waals surface area (Å²) in [5.41, 5.74) is 0.0136. The first-order chi connectivity index (χ1) is 6.46. The molecule has 1 rings (SSSR count). The lowest BCUT2D eigenvalue weighted by Gasteiger charge is -2.35. The molecule has 1 aliphatic rings. The van der Waals surface area contributed by atoms with Gasteiger partial charge in [0.25, 0.3) is 0 Å². The Kier molecular flexibility index (Phi) is 3.76. The van der Waals surface area contributed by atoms with E-state index in [0.29, 0.717) is 0 Å². The van der Waals surface area contributed by atoms with Crippen LogP contribution in [0, 0.1) is 5.41 Å². The van der Waals surface area contributed by atoms with Gasteiger partial charge in [0.05, 0.1) is 4.83 Å². The van der Waals surface area contributed by atoms with Crippen molar-refractivity contribution in [2.24, 2.45) is 5.41 Å². The number of carbonyl (C=O) groups excluding carboxylic acids is 1. The van der Waals surface area contributed by atoms with E-state index in [0.717, 1.165) is 25.9 Å². The lowest BCUT2D eigenvalue weighted by Crippen LogP contribution is -2.45. The molecular weight excluding hydrogens is 242 g/mol. The van der Waals surface area contributed by atoms with E-state index >= 15 is 0 Å². The number of carbonyl (C=O) groups is 1.